The summed E-state index contributed by atoms with van der Waals surface area (Å²) < 4.78 is 0. The molecule has 39 heavy (non-hydrogen) atoms. The van der Waals surface area contributed by atoms with Crippen LogP contribution in [0.2, 0.25) is 5.02 Å². The molecule has 0 radical (unpaired) electrons. The van der Waals surface area contributed by atoms with Crippen molar-refractivity contribution in [2.24, 2.45) is 23.2 Å². The fourth-order valence-corrected chi connectivity index (χ4v) is 8.25. The van der Waals surface area contributed by atoms with Gasteiger partial charge in [-0.15, -0.1) is 0 Å². The van der Waals surface area contributed by atoms with E-state index in [0.29, 0.717) is 34.9 Å². The van der Waals surface area contributed by atoms with Crippen LogP contribution in [0.25, 0.3) is 0 Å². The number of rotatable bonds is 10. The summed E-state index contributed by atoms with van der Waals surface area (Å²) in [5.41, 5.74) is 1.74. The van der Waals surface area contributed by atoms with E-state index in [4.69, 9.17) is 11.6 Å². The van der Waals surface area contributed by atoms with E-state index >= 15 is 0 Å². The predicted molar refractivity (Wildman–Crippen MR) is 153 cm³/mol. The van der Waals surface area contributed by atoms with E-state index in [-0.39, 0.29) is 11.5 Å². The molecule has 0 spiro atoms. The average molecular weight is 550 g/mol. The van der Waals surface area contributed by atoms with Crippen LogP contribution in [0.4, 0.5) is 11.8 Å². The van der Waals surface area contributed by atoms with Crippen molar-refractivity contribution >= 4 is 23.4 Å². The number of nitrogens with zero attached hydrogens (tertiary/aromatic N) is 4. The molecule has 9 heteroatoms. The van der Waals surface area contributed by atoms with E-state index in [1.807, 2.05) is 24.3 Å². The lowest BCUT2D eigenvalue weighted by atomic mass is 9.48. The van der Waals surface area contributed by atoms with Crippen LogP contribution in [-0.2, 0) is 6.54 Å². The molecule has 1 aliphatic heterocycles. The first-order chi connectivity index (χ1) is 19.0. The number of aromatic nitrogens is 2. The maximum Gasteiger partial charge on any atom is 0.224 e. The Morgan fingerprint density at radius 2 is 1.87 bits per heavy atom. The molecule has 1 saturated heterocycles. The van der Waals surface area contributed by atoms with E-state index in [1.165, 1.54) is 32.1 Å². The number of piperidine rings is 1. The average Bonchev–Trinajstić information content (AvgIpc) is 2.94. The van der Waals surface area contributed by atoms with E-state index in [9.17, 15) is 10.4 Å². The highest BCUT2D eigenvalue weighted by atomic mass is 35.5. The lowest BCUT2D eigenvalue weighted by Crippen LogP contribution is -2.60. The van der Waals surface area contributed by atoms with Crippen LogP contribution in [0.1, 0.15) is 56.1 Å². The van der Waals surface area contributed by atoms with Crippen molar-refractivity contribution in [1.29, 1.82) is 5.26 Å². The minimum absolute atomic E-state index is 0.105. The normalized spacial score (nSPS) is 30.3. The Kier molecular flexibility index (Phi) is 7.95. The molecule has 4 bridgehead atoms. The molecule has 0 amide bonds. The van der Waals surface area contributed by atoms with Crippen molar-refractivity contribution in [2.75, 3.05) is 43.4 Å². The Morgan fingerprint density at radius 1 is 1.10 bits per heavy atom. The maximum absolute atomic E-state index is 9.78. The molecule has 5 fully saturated rings. The highest BCUT2D eigenvalue weighted by molar-refractivity contribution is 6.31. The summed E-state index contributed by atoms with van der Waals surface area (Å²) in [5.74, 6) is 3.39. The van der Waals surface area contributed by atoms with Gasteiger partial charge in [0.25, 0.3) is 0 Å². The van der Waals surface area contributed by atoms with Crippen LogP contribution in [0.15, 0.2) is 30.5 Å². The highest BCUT2D eigenvalue weighted by Gasteiger charge is 2.55. The van der Waals surface area contributed by atoms with Crippen molar-refractivity contribution in [2.45, 2.75) is 63.6 Å². The number of nitrogens with one attached hydrogen (secondary N) is 3. The number of halogens is 1. The molecule has 5 atom stereocenters. The summed E-state index contributed by atoms with van der Waals surface area (Å²) in [6.07, 6.45) is 9.77. The van der Waals surface area contributed by atoms with Crippen molar-refractivity contribution in [3.05, 3.63) is 46.6 Å². The monoisotopic (exact) mass is 549 g/mol. The van der Waals surface area contributed by atoms with Gasteiger partial charge in [-0.25, -0.2) is 4.98 Å². The number of anilines is 2. The van der Waals surface area contributed by atoms with Crippen LogP contribution in [0, 0.1) is 34.5 Å². The minimum atomic E-state index is -0.105. The zero-order valence-corrected chi connectivity index (χ0v) is 23.3. The third kappa shape index (κ3) is 6.02. The van der Waals surface area contributed by atoms with Gasteiger partial charge in [0.2, 0.25) is 5.95 Å². The van der Waals surface area contributed by atoms with E-state index < -0.39 is 0 Å². The Hall–Kier alpha value is -2.44. The van der Waals surface area contributed by atoms with Gasteiger partial charge >= 0.3 is 0 Å². The van der Waals surface area contributed by atoms with Crippen molar-refractivity contribution in [3.63, 3.8) is 0 Å². The summed E-state index contributed by atoms with van der Waals surface area (Å²) in [7, 11) is 0. The van der Waals surface area contributed by atoms with E-state index in [1.54, 1.807) is 6.20 Å². The lowest BCUT2D eigenvalue weighted by molar-refractivity contribution is -0.0696. The molecule has 8 nitrogen and oxygen atoms in total. The first-order valence-electron chi connectivity index (χ1n) is 14.6. The molecule has 7 rings (SSSR count). The van der Waals surface area contributed by atoms with E-state index in [2.05, 4.69) is 36.9 Å². The Bertz CT molecular complexity index is 1180. The molecule has 4 saturated carbocycles. The van der Waals surface area contributed by atoms with Gasteiger partial charge in [-0.2, -0.15) is 10.2 Å². The Morgan fingerprint density at radius 3 is 2.62 bits per heavy atom. The summed E-state index contributed by atoms with van der Waals surface area (Å²) in [4.78, 5) is 11.5. The third-order valence-corrected chi connectivity index (χ3v) is 10.1. The number of hydrogen-bond donors (Lipinski definition) is 4. The fourth-order valence-electron chi connectivity index (χ4n) is 8.05. The zero-order chi connectivity index (χ0) is 26.8. The fraction of sp³-hybridized carbons (Fsp3) is 0.633. The molecule has 5 aliphatic rings. The summed E-state index contributed by atoms with van der Waals surface area (Å²) in [6.45, 7) is 5.53. The summed E-state index contributed by atoms with van der Waals surface area (Å²) in [5, 5.41) is 31.0. The van der Waals surface area contributed by atoms with Gasteiger partial charge < -0.3 is 26.0 Å². The molecule has 4 aliphatic carbocycles. The molecule has 4 N–H and O–H groups in total. The van der Waals surface area contributed by atoms with Gasteiger partial charge in [0.15, 0.2) is 0 Å². The molecule has 2 heterocycles. The maximum atomic E-state index is 9.78. The van der Waals surface area contributed by atoms with Crippen molar-refractivity contribution < 1.29 is 5.11 Å². The van der Waals surface area contributed by atoms with Crippen LogP contribution in [0.5, 0.6) is 0 Å². The van der Waals surface area contributed by atoms with Crippen LogP contribution < -0.4 is 16.0 Å². The summed E-state index contributed by atoms with van der Waals surface area (Å²) >= 11 is 6.30. The zero-order valence-electron chi connectivity index (χ0n) is 22.6. The van der Waals surface area contributed by atoms with Crippen LogP contribution in [0.3, 0.4) is 0 Å². The quantitative estimate of drug-likeness (QED) is 0.348. The van der Waals surface area contributed by atoms with Crippen molar-refractivity contribution in [1.82, 2.24) is 20.2 Å². The minimum Gasteiger partial charge on any atom is -0.393 e. The molecule has 208 valence electrons. The molecular formula is C30H40ClN7O. The van der Waals surface area contributed by atoms with Crippen LogP contribution >= 0.6 is 11.6 Å². The number of nitriles is 1. The Balaban J connectivity index is 1.05. The molecule has 1 unspecified atom stereocenters. The second-order valence-corrected chi connectivity index (χ2v) is 12.8. The number of aliphatic hydroxyl groups is 1. The van der Waals surface area contributed by atoms with Gasteiger partial charge in [-0.05, 0) is 79.7 Å². The van der Waals surface area contributed by atoms with Gasteiger partial charge in [0.05, 0.1) is 12.3 Å². The van der Waals surface area contributed by atoms with Gasteiger partial charge in [0.1, 0.15) is 17.5 Å². The summed E-state index contributed by atoms with van der Waals surface area (Å²) in [6, 6.07) is 10.6. The van der Waals surface area contributed by atoms with E-state index in [0.717, 1.165) is 68.9 Å². The smallest absolute Gasteiger partial charge is 0.224 e. The number of likely N-dealkylation sites (tertiary alicyclic amines) is 1. The largest absolute Gasteiger partial charge is 0.393 e. The second kappa shape index (κ2) is 11.6. The van der Waals surface area contributed by atoms with Crippen LogP contribution in [-0.4, -0.2) is 64.8 Å². The Labute approximate surface area is 236 Å². The van der Waals surface area contributed by atoms with Gasteiger partial charge in [-0.3, -0.25) is 0 Å². The van der Waals surface area contributed by atoms with Gasteiger partial charge in [-0.1, -0.05) is 29.8 Å². The first-order valence-corrected chi connectivity index (χ1v) is 15.0. The SMILES string of the molecule is N#Cc1cnc(NCc2ccccc2Cl)nc1NC[C@]12CC3C[C@H](C1)[C@@H](NCCN1CCC(O)CC1)[C@@H](C3)C2. The molecule has 1 aromatic carbocycles. The van der Waals surface area contributed by atoms with Gasteiger partial charge in [0, 0.05) is 50.3 Å². The molecular weight excluding hydrogens is 510 g/mol. The third-order valence-electron chi connectivity index (χ3n) is 9.70. The topological polar surface area (TPSA) is 109 Å². The standard InChI is InChI=1S/C30H40ClN7O/c31-26-4-2-1-3-21(26)17-34-29-35-18-24(16-32)28(37-29)36-19-30-13-20-11-22(14-30)27(23(12-20)15-30)33-7-10-38-8-5-25(39)6-9-38/h1-4,18,20,22-23,25,27,33,39H,5-15,17,19H2,(H2,34,35,36,37)/t20?,22-,23+,27-,30-. The lowest BCUT2D eigenvalue weighted by Gasteiger charge is -2.60. The number of aliphatic hydroxyl groups excluding tert-OH is 1. The van der Waals surface area contributed by atoms with Crippen molar-refractivity contribution in [3.8, 4) is 6.07 Å². The molecule has 2 aromatic rings. The molecule has 1 aromatic heterocycles. The highest BCUT2D eigenvalue weighted by Crippen LogP contribution is 2.60. The second-order valence-electron chi connectivity index (χ2n) is 12.4. The number of hydrogen-bond acceptors (Lipinski definition) is 8. The first kappa shape index (κ1) is 26.8. The number of benzene rings is 1. The predicted octanol–water partition coefficient (Wildman–Crippen LogP) is 4.27.